The lowest BCUT2D eigenvalue weighted by molar-refractivity contribution is -0.137. The van der Waals surface area contributed by atoms with Crippen molar-refractivity contribution >= 4 is 29.6 Å². The zero-order valence-electron chi connectivity index (χ0n) is 23.5. The molecule has 43 heavy (non-hydrogen) atoms. The van der Waals surface area contributed by atoms with Gasteiger partial charge in [-0.2, -0.15) is 18.3 Å². The minimum absolute atomic E-state index is 0.0278. The Morgan fingerprint density at radius 2 is 1.88 bits per heavy atom. The van der Waals surface area contributed by atoms with Crippen molar-refractivity contribution in [2.45, 2.75) is 39.0 Å². The lowest BCUT2D eigenvalue weighted by atomic mass is 9.79. The number of amides is 2. The Bertz CT molecular complexity index is 1560. The third-order valence-electron chi connectivity index (χ3n) is 6.61. The number of alkyl halides is 3. The van der Waals surface area contributed by atoms with Gasteiger partial charge in [-0.1, -0.05) is 37.3 Å². The summed E-state index contributed by atoms with van der Waals surface area (Å²) in [5.41, 5.74) is -0.690. The molecule has 3 atom stereocenters. The Hall–Kier alpha value is -4.21. The van der Waals surface area contributed by atoms with E-state index < -0.39 is 59.5 Å². The highest BCUT2D eigenvalue weighted by atomic mass is 35.5. The maximum atomic E-state index is 14.3. The first-order valence-electron chi connectivity index (χ1n) is 13.0. The van der Waals surface area contributed by atoms with Crippen LogP contribution in [0.3, 0.4) is 0 Å². The van der Waals surface area contributed by atoms with Crippen LogP contribution in [0.5, 0.6) is 0 Å². The first kappa shape index (κ1) is 33.3. The van der Waals surface area contributed by atoms with Crippen molar-refractivity contribution in [2.75, 3.05) is 13.7 Å². The second-order valence-corrected chi connectivity index (χ2v) is 9.60. The molecule has 0 saturated carbocycles. The van der Waals surface area contributed by atoms with Crippen LogP contribution in [0.15, 0.2) is 64.4 Å². The van der Waals surface area contributed by atoms with Crippen LogP contribution in [0.2, 0.25) is 5.02 Å². The fraction of sp³-hybridized carbons (Fsp3) is 0.300. The number of hydrazone groups is 1. The molecule has 0 aromatic heterocycles. The molecule has 2 aromatic carbocycles. The van der Waals surface area contributed by atoms with Crippen LogP contribution < -0.4 is 10.6 Å². The van der Waals surface area contributed by atoms with Crippen LogP contribution >= 0.6 is 11.6 Å². The van der Waals surface area contributed by atoms with E-state index in [9.17, 15) is 36.6 Å². The number of hydrogen-bond acceptors (Lipinski definition) is 5. The maximum Gasteiger partial charge on any atom is 0.416 e. The predicted octanol–water partition coefficient (Wildman–Crippen LogP) is 5.38. The van der Waals surface area contributed by atoms with E-state index >= 15 is 0 Å². The molecule has 228 valence electrons. The summed E-state index contributed by atoms with van der Waals surface area (Å²) in [5, 5.41) is 20.4. The van der Waals surface area contributed by atoms with Gasteiger partial charge in [0.25, 0.3) is 5.91 Å². The van der Waals surface area contributed by atoms with Gasteiger partial charge in [0.15, 0.2) is 0 Å². The number of halogens is 6. The number of nitrogens with zero attached hydrogens (tertiary/aromatic N) is 2. The first-order valence-corrected chi connectivity index (χ1v) is 13.4. The second kappa shape index (κ2) is 13.8. The lowest BCUT2D eigenvalue weighted by Gasteiger charge is -2.31. The highest BCUT2D eigenvalue weighted by Crippen LogP contribution is 2.41. The molecule has 13 heteroatoms. The average molecular weight is 623 g/mol. The van der Waals surface area contributed by atoms with Crippen LogP contribution in [0.25, 0.3) is 0 Å². The van der Waals surface area contributed by atoms with Crippen molar-refractivity contribution in [1.82, 2.24) is 15.6 Å². The predicted molar refractivity (Wildman–Crippen MR) is 152 cm³/mol. The van der Waals surface area contributed by atoms with Gasteiger partial charge in [-0.25, -0.2) is 8.78 Å². The summed E-state index contributed by atoms with van der Waals surface area (Å²) >= 11 is 6.35. The van der Waals surface area contributed by atoms with Crippen LogP contribution in [-0.4, -0.2) is 47.8 Å². The molecule has 0 bridgehead atoms. The molecule has 2 aliphatic rings. The summed E-state index contributed by atoms with van der Waals surface area (Å²) in [6, 6.07) is 3.18. The van der Waals surface area contributed by atoms with Crippen molar-refractivity contribution < 1.29 is 36.6 Å². The second-order valence-electron chi connectivity index (χ2n) is 9.19. The number of aliphatic hydroxyl groups is 1. The van der Waals surface area contributed by atoms with E-state index in [-0.39, 0.29) is 27.9 Å². The zero-order chi connectivity index (χ0) is 32.1. The highest BCUT2D eigenvalue weighted by molar-refractivity contribution is 6.31. The van der Waals surface area contributed by atoms with E-state index in [4.69, 9.17) is 11.6 Å². The van der Waals surface area contributed by atoms with Crippen molar-refractivity contribution in [3.05, 3.63) is 92.7 Å². The molecular weight excluding hydrogens is 595 g/mol. The third-order valence-corrected chi connectivity index (χ3v) is 6.95. The Balaban J connectivity index is 0.00000248. The molecule has 0 saturated heterocycles. The molecule has 0 spiro atoms. The summed E-state index contributed by atoms with van der Waals surface area (Å²) in [6.07, 6.45) is -3.03. The van der Waals surface area contributed by atoms with Crippen LogP contribution in [0, 0.1) is 29.4 Å². The molecule has 3 N–H and O–H groups in total. The Morgan fingerprint density at radius 3 is 2.51 bits per heavy atom. The van der Waals surface area contributed by atoms with Crippen LogP contribution in [0.4, 0.5) is 22.0 Å². The molecule has 1 aliphatic carbocycles. The summed E-state index contributed by atoms with van der Waals surface area (Å²) < 4.78 is 68.3. The van der Waals surface area contributed by atoms with Gasteiger partial charge in [0, 0.05) is 34.5 Å². The fourth-order valence-electron chi connectivity index (χ4n) is 4.81. The maximum absolute atomic E-state index is 14.3. The van der Waals surface area contributed by atoms with E-state index in [1.165, 1.54) is 17.2 Å². The summed E-state index contributed by atoms with van der Waals surface area (Å²) in [7, 11) is 1.64. The lowest BCUT2D eigenvalue weighted by Crippen LogP contribution is -2.37. The molecular formula is C30H28ClF5N4O3. The van der Waals surface area contributed by atoms with E-state index in [1.54, 1.807) is 14.0 Å². The largest absolute Gasteiger partial charge is 0.416 e. The number of fused-ring (bicyclic) bond motifs is 1. The number of hydrogen-bond donors (Lipinski definition) is 3. The number of carbonyl (C=O) groups is 2. The standard InChI is InChI=1S/C28H22ClF5N4O3.C2H6/c1-14-24(26(35-13-40)19-11-17(30)5-6-21(19)29)22(12-20-23(4-3-7-39)38(2)37-25(14)20)36-27(41)15-8-16(28(32,33)34)10-18(31)9-15;1-2/h5-6,8-13,20,23,26,39H,7H2,1-2H3,(H,35,40)(H,36,41);1-2H3. The van der Waals surface area contributed by atoms with E-state index in [2.05, 4.69) is 27.6 Å². The Morgan fingerprint density at radius 1 is 1.19 bits per heavy atom. The summed E-state index contributed by atoms with van der Waals surface area (Å²) in [4.78, 5) is 25.0. The summed E-state index contributed by atoms with van der Waals surface area (Å²) in [5.74, 6) is 1.83. The van der Waals surface area contributed by atoms with Crippen molar-refractivity contribution in [3.63, 3.8) is 0 Å². The SMILES string of the molecule is CC.CC1=C(C(NC=O)c2cc(F)ccc2Cl)C(NC(=O)c2cc(F)cc(C(F)(F)F)c2)=CC2C1=NN(C)C2C#CCO. The number of nitrogens with one attached hydrogen (secondary N) is 2. The molecule has 1 heterocycles. The van der Waals surface area contributed by atoms with Gasteiger partial charge >= 0.3 is 6.18 Å². The smallest absolute Gasteiger partial charge is 0.384 e. The topological polar surface area (TPSA) is 94.0 Å². The van der Waals surface area contributed by atoms with E-state index in [1.807, 2.05) is 13.8 Å². The Labute approximate surface area is 250 Å². The number of carbonyl (C=O) groups excluding carboxylic acids is 2. The number of aliphatic hydroxyl groups excluding tert-OH is 1. The van der Waals surface area contributed by atoms with E-state index in [0.717, 1.165) is 12.1 Å². The van der Waals surface area contributed by atoms with E-state index in [0.29, 0.717) is 29.8 Å². The first-order chi connectivity index (χ1) is 20.3. The number of rotatable bonds is 6. The van der Waals surface area contributed by atoms with Crippen molar-refractivity contribution in [3.8, 4) is 11.8 Å². The minimum Gasteiger partial charge on any atom is -0.384 e. The van der Waals surface area contributed by atoms with Gasteiger partial charge < -0.3 is 15.7 Å². The monoisotopic (exact) mass is 622 g/mol. The normalized spacial score (nSPS) is 18.3. The van der Waals surface area contributed by atoms with Crippen LogP contribution in [-0.2, 0) is 11.0 Å². The molecule has 2 aromatic rings. The quantitative estimate of drug-likeness (QED) is 0.229. The van der Waals surface area contributed by atoms with Gasteiger partial charge in [-0.15, -0.1) is 0 Å². The van der Waals surface area contributed by atoms with Gasteiger partial charge in [0.1, 0.15) is 24.3 Å². The van der Waals surface area contributed by atoms with Gasteiger partial charge in [-0.3, -0.25) is 14.6 Å². The average Bonchev–Trinajstić information content (AvgIpc) is 3.27. The molecule has 3 unspecified atom stereocenters. The molecule has 7 nitrogen and oxygen atoms in total. The molecule has 0 fully saturated rings. The van der Waals surface area contributed by atoms with Gasteiger partial charge in [-0.05, 0) is 55.0 Å². The molecule has 4 rings (SSSR count). The zero-order valence-corrected chi connectivity index (χ0v) is 24.2. The van der Waals surface area contributed by atoms with Gasteiger partial charge in [0.2, 0.25) is 6.41 Å². The number of benzene rings is 2. The fourth-order valence-corrected chi connectivity index (χ4v) is 5.04. The molecule has 0 radical (unpaired) electrons. The molecule has 2 amide bonds. The molecule has 1 aliphatic heterocycles. The Kier molecular flexibility index (Phi) is 10.7. The highest BCUT2D eigenvalue weighted by Gasteiger charge is 2.41. The number of allylic oxidation sites excluding steroid dienone is 1. The van der Waals surface area contributed by atoms with Gasteiger partial charge in [0.05, 0.1) is 23.2 Å². The van der Waals surface area contributed by atoms with Crippen LogP contribution in [0.1, 0.15) is 48.3 Å². The van der Waals surface area contributed by atoms with Crippen molar-refractivity contribution in [2.24, 2.45) is 11.0 Å². The van der Waals surface area contributed by atoms with Crippen molar-refractivity contribution in [1.29, 1.82) is 0 Å². The minimum atomic E-state index is -4.91. The third kappa shape index (κ3) is 7.24. The summed E-state index contributed by atoms with van der Waals surface area (Å²) in [6.45, 7) is 5.21.